The first-order chi connectivity index (χ1) is 11.9. The molecule has 7 heteroatoms. The summed E-state index contributed by atoms with van der Waals surface area (Å²) in [5.41, 5.74) is 2.07. The Hall–Kier alpha value is -2.51. The van der Waals surface area contributed by atoms with Crippen molar-refractivity contribution in [3.05, 3.63) is 54.6 Å². The molecule has 3 aromatic rings. The number of benzene rings is 1. The van der Waals surface area contributed by atoms with Gasteiger partial charge in [-0.1, -0.05) is 30.3 Å². The van der Waals surface area contributed by atoms with Crippen LogP contribution in [0.3, 0.4) is 0 Å². The van der Waals surface area contributed by atoms with Crippen molar-refractivity contribution in [2.24, 2.45) is 0 Å². The van der Waals surface area contributed by atoms with E-state index in [1.807, 2.05) is 16.7 Å². The van der Waals surface area contributed by atoms with Crippen LogP contribution in [0.1, 0.15) is 5.56 Å². The van der Waals surface area contributed by atoms with Crippen LogP contribution in [-0.2, 0) is 11.3 Å². The van der Waals surface area contributed by atoms with Gasteiger partial charge in [0.1, 0.15) is 6.33 Å². The first-order valence-electron chi connectivity index (χ1n) is 8.14. The molecule has 1 atom stereocenters. The Balaban J connectivity index is 1.36. The molecule has 0 radical (unpaired) electrons. The van der Waals surface area contributed by atoms with E-state index in [1.165, 1.54) is 5.56 Å². The number of anilines is 1. The molecule has 7 nitrogen and oxygen atoms in total. The Morgan fingerprint density at radius 3 is 3.08 bits per heavy atom. The fraction of sp³-hybridized carbons (Fsp3) is 0.353. The summed E-state index contributed by atoms with van der Waals surface area (Å²) >= 11 is 0. The second-order valence-corrected chi connectivity index (χ2v) is 5.93. The number of fused-ring (bicyclic) bond motifs is 1. The highest BCUT2D eigenvalue weighted by Crippen LogP contribution is 2.13. The maximum absolute atomic E-state index is 5.89. The molecule has 1 saturated heterocycles. The topological polar surface area (TPSA) is 67.6 Å². The molecule has 0 amide bonds. The number of hydrogen-bond donors (Lipinski definition) is 1. The van der Waals surface area contributed by atoms with Crippen LogP contribution in [0.2, 0.25) is 0 Å². The lowest BCUT2D eigenvalue weighted by atomic mass is 10.2. The van der Waals surface area contributed by atoms with Crippen LogP contribution >= 0.6 is 0 Å². The highest BCUT2D eigenvalue weighted by molar-refractivity contribution is 5.61. The summed E-state index contributed by atoms with van der Waals surface area (Å²) in [4.78, 5) is 6.77. The summed E-state index contributed by atoms with van der Waals surface area (Å²) in [6.45, 7) is 4.27. The summed E-state index contributed by atoms with van der Waals surface area (Å²) < 4.78 is 7.73. The number of aromatic nitrogens is 4. The van der Waals surface area contributed by atoms with E-state index in [0.717, 1.165) is 37.7 Å². The maximum atomic E-state index is 5.89. The fourth-order valence-corrected chi connectivity index (χ4v) is 2.98. The molecule has 1 aromatic carbocycles. The van der Waals surface area contributed by atoms with Crippen LogP contribution in [0.4, 0.5) is 5.82 Å². The minimum absolute atomic E-state index is 0.132. The first-order valence-corrected chi connectivity index (χ1v) is 8.14. The second-order valence-electron chi connectivity index (χ2n) is 5.93. The summed E-state index contributed by atoms with van der Waals surface area (Å²) in [5, 5.41) is 11.3. The van der Waals surface area contributed by atoms with Gasteiger partial charge in [0.25, 0.3) is 0 Å². The second kappa shape index (κ2) is 6.94. The van der Waals surface area contributed by atoms with E-state index in [-0.39, 0.29) is 6.10 Å². The molecular weight excluding hydrogens is 304 g/mol. The van der Waals surface area contributed by atoms with E-state index in [9.17, 15) is 0 Å². The van der Waals surface area contributed by atoms with Gasteiger partial charge in [0.05, 0.1) is 12.7 Å². The number of rotatable bonds is 5. The van der Waals surface area contributed by atoms with Crippen molar-refractivity contribution in [3.8, 4) is 0 Å². The molecule has 4 rings (SSSR count). The standard InChI is InChI=1S/C17H20N6O/c1-2-4-14(5-3-1)11-22-8-9-24-15(12-22)10-19-16-17-21-20-13-23(17)7-6-18-16/h1-7,13,15H,8-12H2,(H,18,19)/t15-/m1/s1. The van der Waals surface area contributed by atoms with Gasteiger partial charge in [-0.25, -0.2) is 4.98 Å². The lowest BCUT2D eigenvalue weighted by molar-refractivity contribution is -0.0240. The Labute approximate surface area is 140 Å². The quantitative estimate of drug-likeness (QED) is 0.766. The molecule has 0 spiro atoms. The van der Waals surface area contributed by atoms with E-state index >= 15 is 0 Å². The summed E-state index contributed by atoms with van der Waals surface area (Å²) in [5.74, 6) is 0.735. The average molecular weight is 324 g/mol. The number of nitrogens with zero attached hydrogens (tertiary/aromatic N) is 5. The monoisotopic (exact) mass is 324 g/mol. The van der Waals surface area contributed by atoms with Gasteiger partial charge in [-0.3, -0.25) is 9.30 Å². The van der Waals surface area contributed by atoms with Gasteiger partial charge in [-0.2, -0.15) is 0 Å². The summed E-state index contributed by atoms with van der Waals surface area (Å²) in [6, 6.07) is 10.5. The van der Waals surface area contributed by atoms with Crippen molar-refractivity contribution in [3.63, 3.8) is 0 Å². The third-order valence-corrected chi connectivity index (χ3v) is 4.18. The predicted molar refractivity (Wildman–Crippen MR) is 90.7 cm³/mol. The largest absolute Gasteiger partial charge is 0.374 e. The molecule has 1 aliphatic rings. The van der Waals surface area contributed by atoms with E-state index in [0.29, 0.717) is 6.54 Å². The lowest BCUT2D eigenvalue weighted by Crippen LogP contribution is -2.44. The highest BCUT2D eigenvalue weighted by Gasteiger charge is 2.20. The molecule has 0 aliphatic carbocycles. The zero-order chi connectivity index (χ0) is 16.2. The number of ether oxygens (including phenoxy) is 1. The van der Waals surface area contributed by atoms with Crippen molar-refractivity contribution < 1.29 is 4.74 Å². The van der Waals surface area contributed by atoms with Gasteiger partial charge in [0.15, 0.2) is 5.82 Å². The first kappa shape index (κ1) is 15.0. The van der Waals surface area contributed by atoms with E-state index < -0.39 is 0 Å². The van der Waals surface area contributed by atoms with Crippen LogP contribution in [0, 0.1) is 0 Å². The number of nitrogens with one attached hydrogen (secondary N) is 1. The van der Waals surface area contributed by atoms with Gasteiger partial charge in [0.2, 0.25) is 5.65 Å². The van der Waals surface area contributed by atoms with E-state index in [4.69, 9.17) is 4.74 Å². The molecule has 0 unspecified atom stereocenters. The van der Waals surface area contributed by atoms with Crippen molar-refractivity contribution in [1.29, 1.82) is 0 Å². The Bertz CT molecular complexity index is 790. The molecule has 0 bridgehead atoms. The molecule has 24 heavy (non-hydrogen) atoms. The molecular formula is C17H20N6O. The van der Waals surface area contributed by atoms with Gasteiger partial charge in [0, 0.05) is 38.6 Å². The Morgan fingerprint density at radius 2 is 2.17 bits per heavy atom. The molecule has 1 fully saturated rings. The SMILES string of the molecule is c1ccc(CN2CCO[C@H](CNc3nccn4cnnc34)C2)cc1. The van der Waals surface area contributed by atoms with Gasteiger partial charge < -0.3 is 10.1 Å². The smallest absolute Gasteiger partial charge is 0.203 e. The van der Waals surface area contributed by atoms with Crippen molar-refractivity contribution in [1.82, 2.24) is 24.5 Å². The third-order valence-electron chi connectivity index (χ3n) is 4.18. The number of morpholine rings is 1. The maximum Gasteiger partial charge on any atom is 0.203 e. The van der Waals surface area contributed by atoms with E-state index in [2.05, 4.69) is 49.7 Å². The van der Waals surface area contributed by atoms with Gasteiger partial charge in [-0.15, -0.1) is 10.2 Å². The van der Waals surface area contributed by atoms with Gasteiger partial charge in [-0.05, 0) is 5.56 Å². The zero-order valence-corrected chi connectivity index (χ0v) is 13.4. The van der Waals surface area contributed by atoms with Crippen LogP contribution in [0.5, 0.6) is 0 Å². The van der Waals surface area contributed by atoms with Crippen LogP contribution in [0.25, 0.3) is 5.65 Å². The van der Waals surface area contributed by atoms with Crippen molar-refractivity contribution >= 4 is 11.5 Å². The molecule has 3 heterocycles. The van der Waals surface area contributed by atoms with Crippen LogP contribution in [0.15, 0.2) is 49.1 Å². The minimum Gasteiger partial charge on any atom is -0.374 e. The van der Waals surface area contributed by atoms with Crippen LogP contribution < -0.4 is 5.32 Å². The molecule has 1 aliphatic heterocycles. The lowest BCUT2D eigenvalue weighted by Gasteiger charge is -2.33. The van der Waals surface area contributed by atoms with Gasteiger partial charge >= 0.3 is 0 Å². The fourth-order valence-electron chi connectivity index (χ4n) is 2.98. The van der Waals surface area contributed by atoms with Crippen molar-refractivity contribution in [2.75, 3.05) is 31.6 Å². The molecule has 2 aromatic heterocycles. The molecule has 1 N–H and O–H groups in total. The van der Waals surface area contributed by atoms with Crippen molar-refractivity contribution in [2.45, 2.75) is 12.6 Å². The Kier molecular flexibility index (Phi) is 4.35. The predicted octanol–water partition coefficient (Wildman–Crippen LogP) is 1.44. The zero-order valence-electron chi connectivity index (χ0n) is 13.4. The third kappa shape index (κ3) is 3.37. The summed E-state index contributed by atoms with van der Waals surface area (Å²) in [6.07, 6.45) is 5.37. The van der Waals surface area contributed by atoms with E-state index in [1.54, 1.807) is 12.5 Å². The Morgan fingerprint density at radius 1 is 1.25 bits per heavy atom. The minimum atomic E-state index is 0.132. The molecule has 124 valence electrons. The number of hydrogen-bond acceptors (Lipinski definition) is 6. The highest BCUT2D eigenvalue weighted by atomic mass is 16.5. The van der Waals surface area contributed by atoms with Crippen LogP contribution in [-0.4, -0.2) is 56.8 Å². The normalized spacial score (nSPS) is 18.8. The average Bonchev–Trinajstić information content (AvgIpc) is 3.10. The summed E-state index contributed by atoms with van der Waals surface area (Å²) in [7, 11) is 0. The molecule has 0 saturated carbocycles.